The maximum Gasteiger partial charge on any atom is 0.189 e. The maximum atomic E-state index is 13.0. The molecule has 0 aromatic heterocycles. The van der Waals surface area contributed by atoms with Crippen molar-refractivity contribution in [2.24, 2.45) is 5.92 Å². The van der Waals surface area contributed by atoms with Gasteiger partial charge in [0.05, 0.1) is 27.9 Å². The molecule has 0 heterocycles. The van der Waals surface area contributed by atoms with Crippen LogP contribution in [-0.4, -0.2) is 40.8 Å². The summed E-state index contributed by atoms with van der Waals surface area (Å²) in [5.41, 5.74) is -0.143. The van der Waals surface area contributed by atoms with Crippen molar-refractivity contribution in [2.45, 2.75) is 180 Å². The third kappa shape index (κ3) is 26.3. The molecule has 0 spiro atoms. The number of Topliss-reactive ketones (excluding diaryl/α,β-unsaturated/α-hetero) is 1. The number of unbranched alkanes of at least 4 members (excludes halogenated alkanes) is 21. The second-order valence-electron chi connectivity index (χ2n) is 11.6. The molecule has 0 aromatic rings. The number of rotatable bonds is 32. The van der Waals surface area contributed by atoms with Crippen LogP contribution in [0.4, 0.5) is 0 Å². The fraction of sp³-hybridized carbons (Fsp3) is 0.939. The number of carbonyl (C=O) groups is 2. The minimum Gasteiger partial charge on any atom is -0.394 e. The molecule has 0 radical (unpaired) electrons. The zero-order valence-corrected chi connectivity index (χ0v) is 26.9. The molecule has 3 unspecified atom stereocenters. The number of aliphatic hydroxyl groups excluding tert-OH is 2. The smallest absolute Gasteiger partial charge is 0.189 e. The summed E-state index contributed by atoms with van der Waals surface area (Å²) in [6.45, 7) is 4.04. The Morgan fingerprint density at radius 3 is 1.41 bits per heavy atom. The Morgan fingerprint density at radius 2 is 1.00 bits per heavy atom. The fourth-order valence-electron chi connectivity index (χ4n) is 5.10. The maximum absolute atomic E-state index is 13.0. The van der Waals surface area contributed by atoms with Crippen LogP contribution in [0.3, 0.4) is 0 Å². The van der Waals surface area contributed by atoms with E-state index in [1.54, 1.807) is 0 Å². The molecule has 0 saturated heterocycles. The van der Waals surface area contributed by atoms with Crippen LogP contribution in [0.25, 0.3) is 0 Å². The van der Waals surface area contributed by atoms with E-state index in [1.807, 2.05) is 0 Å². The van der Waals surface area contributed by atoms with Crippen molar-refractivity contribution >= 4 is 20.1 Å². The van der Waals surface area contributed by atoms with Crippen molar-refractivity contribution in [3.8, 4) is 0 Å². The summed E-state index contributed by atoms with van der Waals surface area (Å²) in [6, 6.07) is 0. The van der Waals surface area contributed by atoms with Crippen LogP contribution >= 0.6 is 8.81 Å². The van der Waals surface area contributed by atoms with E-state index < -0.39 is 27.4 Å². The lowest BCUT2D eigenvalue weighted by Gasteiger charge is -2.15. The zero-order chi connectivity index (χ0) is 28.8. The standard InChI is InChI=1S/C33H65O5P/c1-3-5-7-9-11-13-15-16-17-19-21-23-25-27-32(36)31(33(37)39-38-29-30(35)28-34)26-24-22-20-18-14-12-10-8-6-4-2/h30-31,34-35,39H,3-29H2,1-2H3. The number of ketones is 1. The number of aliphatic hydroxyl groups is 2. The van der Waals surface area contributed by atoms with Gasteiger partial charge in [-0.1, -0.05) is 155 Å². The van der Waals surface area contributed by atoms with E-state index in [9.17, 15) is 14.7 Å². The lowest BCUT2D eigenvalue weighted by molar-refractivity contribution is -0.129. The Morgan fingerprint density at radius 1 is 0.615 bits per heavy atom. The van der Waals surface area contributed by atoms with Gasteiger partial charge in [0.15, 0.2) is 5.52 Å². The first-order valence-corrected chi connectivity index (χ1v) is 17.7. The van der Waals surface area contributed by atoms with Crippen LogP contribution in [0.5, 0.6) is 0 Å². The van der Waals surface area contributed by atoms with Gasteiger partial charge in [-0.25, -0.2) is 0 Å². The Bertz CT molecular complexity index is 542. The van der Waals surface area contributed by atoms with E-state index in [4.69, 9.17) is 9.63 Å². The molecule has 0 aliphatic heterocycles. The molecule has 0 aliphatic carbocycles. The van der Waals surface area contributed by atoms with Gasteiger partial charge < -0.3 is 14.7 Å². The Labute approximate surface area is 243 Å². The molecule has 0 rings (SSSR count). The van der Waals surface area contributed by atoms with Gasteiger partial charge in [-0.05, 0) is 12.8 Å². The molecule has 5 nitrogen and oxygen atoms in total. The van der Waals surface area contributed by atoms with Crippen molar-refractivity contribution < 1.29 is 24.3 Å². The third-order valence-corrected chi connectivity index (χ3v) is 8.60. The molecule has 0 fully saturated rings. The van der Waals surface area contributed by atoms with Gasteiger partial charge in [0, 0.05) is 6.42 Å². The van der Waals surface area contributed by atoms with Gasteiger partial charge in [0.1, 0.15) is 11.9 Å². The summed E-state index contributed by atoms with van der Waals surface area (Å²) in [4.78, 5) is 25.8. The summed E-state index contributed by atoms with van der Waals surface area (Å²) in [6.07, 6.45) is 28.9. The van der Waals surface area contributed by atoms with E-state index in [0.29, 0.717) is 12.8 Å². The first-order valence-electron chi connectivity index (χ1n) is 16.8. The topological polar surface area (TPSA) is 83.8 Å². The number of carbonyl (C=O) groups excluding carboxylic acids is 2. The first-order chi connectivity index (χ1) is 19.1. The summed E-state index contributed by atoms with van der Waals surface area (Å²) in [5.74, 6) is -0.501. The molecule has 6 heteroatoms. The van der Waals surface area contributed by atoms with Crippen molar-refractivity contribution in [1.82, 2.24) is 0 Å². The minimum atomic E-state index is -0.979. The van der Waals surface area contributed by atoms with Crippen LogP contribution < -0.4 is 0 Å². The molecule has 0 amide bonds. The summed E-state index contributed by atoms with van der Waals surface area (Å²) < 4.78 is 5.32. The van der Waals surface area contributed by atoms with Crippen LogP contribution in [-0.2, 0) is 14.1 Å². The van der Waals surface area contributed by atoms with Gasteiger partial charge in [-0.3, -0.25) is 9.59 Å². The predicted octanol–water partition coefficient (Wildman–Crippen LogP) is 9.45. The van der Waals surface area contributed by atoms with Crippen LogP contribution in [0.1, 0.15) is 174 Å². The molecule has 3 atom stereocenters. The van der Waals surface area contributed by atoms with Crippen LogP contribution in [0.15, 0.2) is 0 Å². The Kier molecular flexibility index (Phi) is 30.3. The number of hydrogen-bond donors (Lipinski definition) is 2. The molecule has 0 saturated carbocycles. The molecule has 0 aliphatic rings. The minimum absolute atomic E-state index is 0.0674. The second-order valence-corrected chi connectivity index (χ2v) is 12.6. The first kappa shape index (κ1) is 38.6. The Hall–Kier alpha value is -0.350. The fourth-order valence-corrected chi connectivity index (χ4v) is 5.96. The highest BCUT2D eigenvalue weighted by Crippen LogP contribution is 2.27. The average Bonchev–Trinajstić information content (AvgIpc) is 2.93. The van der Waals surface area contributed by atoms with E-state index in [1.165, 1.54) is 122 Å². The molecule has 39 heavy (non-hydrogen) atoms. The lowest BCUT2D eigenvalue weighted by atomic mass is 9.93. The monoisotopic (exact) mass is 572 g/mol. The van der Waals surface area contributed by atoms with Crippen molar-refractivity contribution in [1.29, 1.82) is 0 Å². The highest BCUT2D eigenvalue weighted by Gasteiger charge is 2.26. The third-order valence-electron chi connectivity index (χ3n) is 7.74. The largest absolute Gasteiger partial charge is 0.394 e. The molecule has 0 aromatic carbocycles. The second kappa shape index (κ2) is 30.6. The van der Waals surface area contributed by atoms with Gasteiger partial charge in [-0.15, -0.1) is 0 Å². The van der Waals surface area contributed by atoms with E-state index in [-0.39, 0.29) is 17.9 Å². The predicted molar refractivity (Wildman–Crippen MR) is 168 cm³/mol. The Balaban J connectivity index is 4.14. The van der Waals surface area contributed by atoms with E-state index in [2.05, 4.69) is 13.8 Å². The summed E-state index contributed by atoms with van der Waals surface area (Å²) in [7, 11) is -0.440. The molecular formula is C33H65O5P. The molecule has 232 valence electrons. The molecule has 2 N–H and O–H groups in total. The summed E-state index contributed by atoms with van der Waals surface area (Å²) in [5, 5.41) is 18.4. The number of hydrogen-bond acceptors (Lipinski definition) is 5. The van der Waals surface area contributed by atoms with Crippen molar-refractivity contribution in [2.75, 3.05) is 13.2 Å². The van der Waals surface area contributed by atoms with Gasteiger partial charge >= 0.3 is 0 Å². The highest BCUT2D eigenvalue weighted by molar-refractivity contribution is 7.53. The van der Waals surface area contributed by atoms with Crippen LogP contribution in [0.2, 0.25) is 0 Å². The molecular weight excluding hydrogens is 507 g/mol. The quantitative estimate of drug-likeness (QED) is 0.0476. The lowest BCUT2D eigenvalue weighted by Crippen LogP contribution is -2.23. The van der Waals surface area contributed by atoms with Gasteiger partial charge in [0.25, 0.3) is 0 Å². The van der Waals surface area contributed by atoms with Crippen LogP contribution in [0, 0.1) is 5.92 Å². The normalized spacial score (nSPS) is 13.3. The molecule has 0 bridgehead atoms. The van der Waals surface area contributed by atoms with Crippen molar-refractivity contribution in [3.05, 3.63) is 0 Å². The average molecular weight is 573 g/mol. The van der Waals surface area contributed by atoms with Gasteiger partial charge in [-0.2, -0.15) is 0 Å². The van der Waals surface area contributed by atoms with Crippen molar-refractivity contribution in [3.63, 3.8) is 0 Å². The zero-order valence-electron chi connectivity index (χ0n) is 25.9. The van der Waals surface area contributed by atoms with Gasteiger partial charge in [0.2, 0.25) is 0 Å². The van der Waals surface area contributed by atoms with E-state index in [0.717, 1.165) is 25.7 Å². The highest BCUT2D eigenvalue weighted by atomic mass is 31.1. The van der Waals surface area contributed by atoms with E-state index >= 15 is 0 Å². The SMILES string of the molecule is CCCCCCCCCCCCCCCC(=O)C(CCCCCCCCCCCC)C(=O)POCC(O)CO. The summed E-state index contributed by atoms with van der Waals surface area (Å²) >= 11 is 0.